The monoisotopic (exact) mass is 249 g/mol. The van der Waals surface area contributed by atoms with Crippen molar-refractivity contribution in [1.29, 1.82) is 0 Å². The highest BCUT2D eigenvalue weighted by Gasteiger charge is 2.17. The first kappa shape index (κ1) is 16.9. The van der Waals surface area contributed by atoms with Crippen molar-refractivity contribution in [3.8, 4) is 0 Å². The zero-order valence-corrected chi connectivity index (χ0v) is 12.4. The molecule has 1 atom stereocenters. The zero-order chi connectivity index (χ0) is 14.1. The van der Waals surface area contributed by atoms with Gasteiger partial charge < -0.3 is 5.73 Å². The Morgan fingerprint density at radius 3 is 2.11 bits per heavy atom. The van der Waals surface area contributed by atoms with Crippen LogP contribution in [0.25, 0.3) is 0 Å². The van der Waals surface area contributed by atoms with E-state index in [1.807, 2.05) is 39.8 Å². The number of carbonyl (C=O) groups excluding carboxylic acids is 1. The van der Waals surface area contributed by atoms with Gasteiger partial charge in [-0.05, 0) is 24.0 Å². The Labute approximate surface area is 112 Å². The minimum absolute atomic E-state index is 0.0174. The number of rotatable bonds is 5. The first-order valence-corrected chi connectivity index (χ1v) is 6.92. The first-order chi connectivity index (χ1) is 8.56. The van der Waals surface area contributed by atoms with Gasteiger partial charge in [-0.15, -0.1) is 0 Å². The van der Waals surface area contributed by atoms with Gasteiger partial charge in [0.25, 0.3) is 0 Å². The number of carbonyl (C=O) groups is 1. The lowest BCUT2D eigenvalue weighted by molar-refractivity contribution is -0.123. The molecule has 0 saturated carbocycles. The highest BCUT2D eigenvalue weighted by molar-refractivity contribution is 5.85. The van der Waals surface area contributed by atoms with Gasteiger partial charge in [0, 0.05) is 5.92 Å². The number of hydrogen-bond acceptors (Lipinski definition) is 2. The van der Waals surface area contributed by atoms with Crippen molar-refractivity contribution in [2.45, 2.75) is 53.5 Å². The van der Waals surface area contributed by atoms with Gasteiger partial charge >= 0.3 is 0 Å². The SMILES string of the molecule is CC.CCc1ccccc1CC(N)C(=O)C(C)C. The van der Waals surface area contributed by atoms with Crippen molar-refractivity contribution in [2.75, 3.05) is 0 Å². The topological polar surface area (TPSA) is 43.1 Å². The van der Waals surface area contributed by atoms with E-state index >= 15 is 0 Å². The maximum atomic E-state index is 11.7. The fourth-order valence-electron chi connectivity index (χ4n) is 1.87. The molecule has 0 bridgehead atoms. The smallest absolute Gasteiger partial charge is 0.152 e. The minimum atomic E-state index is -0.368. The quantitative estimate of drug-likeness (QED) is 0.869. The molecule has 2 N–H and O–H groups in total. The van der Waals surface area contributed by atoms with E-state index in [0.717, 1.165) is 6.42 Å². The van der Waals surface area contributed by atoms with E-state index in [0.29, 0.717) is 6.42 Å². The second kappa shape index (κ2) is 8.87. The van der Waals surface area contributed by atoms with Crippen LogP contribution >= 0.6 is 0 Å². The van der Waals surface area contributed by atoms with E-state index < -0.39 is 0 Å². The van der Waals surface area contributed by atoms with Crippen LogP contribution < -0.4 is 5.73 Å². The van der Waals surface area contributed by atoms with Gasteiger partial charge in [-0.3, -0.25) is 4.79 Å². The van der Waals surface area contributed by atoms with Crippen LogP contribution in [-0.4, -0.2) is 11.8 Å². The molecular weight excluding hydrogens is 222 g/mol. The Balaban J connectivity index is 0.00000137. The molecule has 102 valence electrons. The zero-order valence-electron chi connectivity index (χ0n) is 12.4. The molecule has 0 aliphatic heterocycles. The van der Waals surface area contributed by atoms with E-state index in [1.165, 1.54) is 11.1 Å². The number of nitrogens with two attached hydrogens (primary N) is 1. The van der Waals surface area contributed by atoms with Gasteiger partial charge in [0.15, 0.2) is 5.78 Å². The predicted octanol–water partition coefficient (Wildman–Crippen LogP) is 3.37. The minimum Gasteiger partial charge on any atom is -0.321 e. The number of aryl methyl sites for hydroxylation is 1. The van der Waals surface area contributed by atoms with Gasteiger partial charge in [-0.1, -0.05) is 58.9 Å². The Kier molecular flexibility index (Phi) is 8.30. The van der Waals surface area contributed by atoms with Crippen LogP contribution in [0.3, 0.4) is 0 Å². The summed E-state index contributed by atoms with van der Waals surface area (Å²) in [6.07, 6.45) is 1.64. The summed E-state index contributed by atoms with van der Waals surface area (Å²) in [5.41, 5.74) is 8.41. The standard InChI is InChI=1S/C14H21NO.C2H6/c1-4-11-7-5-6-8-12(11)9-13(15)14(16)10(2)3;1-2/h5-8,10,13H,4,9,15H2,1-3H3;1-2H3. The molecule has 18 heavy (non-hydrogen) atoms. The number of Topliss-reactive ketones (excluding diaryl/α,β-unsaturated/α-hetero) is 1. The summed E-state index contributed by atoms with van der Waals surface area (Å²) < 4.78 is 0. The van der Waals surface area contributed by atoms with E-state index in [1.54, 1.807) is 0 Å². The van der Waals surface area contributed by atoms with Gasteiger partial charge in [0.05, 0.1) is 6.04 Å². The second-order valence-corrected chi connectivity index (χ2v) is 4.49. The van der Waals surface area contributed by atoms with E-state index in [-0.39, 0.29) is 17.7 Å². The summed E-state index contributed by atoms with van der Waals surface area (Å²) >= 11 is 0. The lowest BCUT2D eigenvalue weighted by atomic mass is 9.93. The lowest BCUT2D eigenvalue weighted by Gasteiger charge is -2.15. The fourth-order valence-corrected chi connectivity index (χ4v) is 1.87. The van der Waals surface area contributed by atoms with Crippen LogP contribution in [0.1, 0.15) is 45.7 Å². The summed E-state index contributed by atoms with van der Waals surface area (Å²) in [6, 6.07) is 7.82. The van der Waals surface area contributed by atoms with Crippen LogP contribution in [0.5, 0.6) is 0 Å². The third-order valence-electron chi connectivity index (χ3n) is 2.87. The fraction of sp³-hybridized carbons (Fsp3) is 0.562. The van der Waals surface area contributed by atoms with Crippen molar-refractivity contribution >= 4 is 5.78 Å². The molecule has 0 spiro atoms. The third-order valence-corrected chi connectivity index (χ3v) is 2.87. The van der Waals surface area contributed by atoms with Crippen molar-refractivity contribution in [1.82, 2.24) is 0 Å². The molecule has 0 aliphatic rings. The highest BCUT2D eigenvalue weighted by atomic mass is 16.1. The van der Waals surface area contributed by atoms with Gasteiger partial charge in [0.1, 0.15) is 0 Å². The van der Waals surface area contributed by atoms with Crippen LogP contribution in [0.15, 0.2) is 24.3 Å². The molecule has 0 fully saturated rings. The summed E-state index contributed by atoms with van der Waals surface area (Å²) in [4.78, 5) is 11.7. The average molecular weight is 249 g/mol. The molecule has 0 aliphatic carbocycles. The molecule has 2 heteroatoms. The summed E-state index contributed by atoms with van der Waals surface area (Å²) in [5.74, 6) is 0.162. The Morgan fingerprint density at radius 1 is 1.17 bits per heavy atom. The largest absolute Gasteiger partial charge is 0.321 e. The van der Waals surface area contributed by atoms with Crippen LogP contribution in [0.2, 0.25) is 0 Å². The average Bonchev–Trinajstić information content (AvgIpc) is 2.40. The number of ketones is 1. The third kappa shape index (κ3) is 5.01. The van der Waals surface area contributed by atoms with Crippen molar-refractivity contribution in [2.24, 2.45) is 11.7 Å². The van der Waals surface area contributed by atoms with Gasteiger partial charge in [-0.25, -0.2) is 0 Å². The summed E-state index contributed by atoms with van der Waals surface area (Å²) in [6.45, 7) is 9.91. The van der Waals surface area contributed by atoms with Crippen molar-refractivity contribution < 1.29 is 4.79 Å². The van der Waals surface area contributed by atoms with Crippen molar-refractivity contribution in [3.63, 3.8) is 0 Å². The predicted molar refractivity (Wildman–Crippen MR) is 78.7 cm³/mol. The molecule has 0 aromatic heterocycles. The van der Waals surface area contributed by atoms with Crippen LogP contribution in [0.4, 0.5) is 0 Å². The molecule has 1 aromatic carbocycles. The molecule has 0 radical (unpaired) electrons. The van der Waals surface area contributed by atoms with E-state index in [4.69, 9.17) is 5.73 Å². The molecule has 2 nitrogen and oxygen atoms in total. The summed E-state index contributed by atoms with van der Waals surface area (Å²) in [5, 5.41) is 0. The van der Waals surface area contributed by atoms with Gasteiger partial charge in [0.2, 0.25) is 0 Å². The molecule has 0 amide bonds. The molecular formula is C16H27NO. The first-order valence-electron chi connectivity index (χ1n) is 6.92. The molecule has 1 aromatic rings. The Bertz CT molecular complexity index is 358. The Morgan fingerprint density at radius 2 is 1.67 bits per heavy atom. The molecule has 1 rings (SSSR count). The lowest BCUT2D eigenvalue weighted by Crippen LogP contribution is -2.35. The normalized spacial score (nSPS) is 11.7. The maximum Gasteiger partial charge on any atom is 0.152 e. The number of hydrogen-bond donors (Lipinski definition) is 1. The van der Waals surface area contributed by atoms with Crippen LogP contribution in [-0.2, 0) is 17.6 Å². The molecule has 0 heterocycles. The van der Waals surface area contributed by atoms with Crippen LogP contribution in [0, 0.1) is 5.92 Å². The maximum absolute atomic E-state index is 11.7. The number of benzene rings is 1. The van der Waals surface area contributed by atoms with Gasteiger partial charge in [-0.2, -0.15) is 0 Å². The van der Waals surface area contributed by atoms with E-state index in [9.17, 15) is 4.79 Å². The highest BCUT2D eigenvalue weighted by Crippen LogP contribution is 2.12. The molecule has 0 saturated heterocycles. The summed E-state index contributed by atoms with van der Waals surface area (Å²) in [7, 11) is 0. The van der Waals surface area contributed by atoms with E-state index in [2.05, 4.69) is 19.1 Å². The van der Waals surface area contributed by atoms with Crippen molar-refractivity contribution in [3.05, 3.63) is 35.4 Å². The Hall–Kier alpha value is -1.15. The second-order valence-electron chi connectivity index (χ2n) is 4.49. The molecule has 1 unspecified atom stereocenters.